The first-order valence-electron chi connectivity index (χ1n) is 10.2. The minimum atomic E-state index is -3.16. The van der Waals surface area contributed by atoms with E-state index >= 15 is 0 Å². The Morgan fingerprint density at radius 2 is 1.61 bits per heavy atom. The highest BCUT2D eigenvalue weighted by Crippen LogP contribution is 2.28. The van der Waals surface area contributed by atoms with Crippen LogP contribution >= 0.6 is 0 Å². The van der Waals surface area contributed by atoms with Gasteiger partial charge in [-0.15, -0.1) is 0 Å². The van der Waals surface area contributed by atoms with Gasteiger partial charge in [0.15, 0.2) is 9.84 Å². The van der Waals surface area contributed by atoms with Gasteiger partial charge in [0.2, 0.25) is 0 Å². The van der Waals surface area contributed by atoms with Gasteiger partial charge in [-0.05, 0) is 47.5 Å². The van der Waals surface area contributed by atoms with Crippen molar-refractivity contribution in [1.82, 2.24) is 9.55 Å². The minimum Gasteiger partial charge on any atom is -0.312 e. The van der Waals surface area contributed by atoms with Gasteiger partial charge in [-0.1, -0.05) is 42.5 Å². The summed E-state index contributed by atoms with van der Waals surface area (Å²) in [6, 6.07) is 22.1. The maximum absolute atomic E-state index is 13.4. The summed E-state index contributed by atoms with van der Waals surface area (Å²) < 4.78 is 38.3. The first-order valence-corrected chi connectivity index (χ1v) is 12.3. The van der Waals surface area contributed by atoms with Crippen molar-refractivity contribution in [2.24, 2.45) is 0 Å². The maximum atomic E-state index is 13.4. The van der Waals surface area contributed by atoms with Crippen LogP contribution in [0.2, 0.25) is 0 Å². The molecule has 33 heavy (non-hydrogen) atoms. The molecule has 0 bridgehead atoms. The van der Waals surface area contributed by atoms with E-state index in [2.05, 4.69) is 10.3 Å². The molecule has 0 saturated heterocycles. The molecule has 0 aliphatic rings. The van der Waals surface area contributed by atoms with E-state index in [1.165, 1.54) is 18.4 Å². The molecule has 4 rings (SSSR count). The molecule has 1 heterocycles. The van der Waals surface area contributed by atoms with E-state index in [9.17, 15) is 17.6 Å². The van der Waals surface area contributed by atoms with Crippen LogP contribution in [-0.2, 0) is 22.1 Å². The van der Waals surface area contributed by atoms with Crippen LogP contribution in [-0.4, -0.2) is 30.1 Å². The normalized spacial score (nSPS) is 11.3. The summed E-state index contributed by atoms with van der Waals surface area (Å²) in [6.07, 6.45) is 2.80. The van der Waals surface area contributed by atoms with Crippen molar-refractivity contribution in [1.29, 1.82) is 0 Å². The predicted molar refractivity (Wildman–Crippen MR) is 126 cm³/mol. The van der Waals surface area contributed by atoms with Crippen molar-refractivity contribution in [2.75, 3.05) is 11.6 Å². The molecule has 4 aromatic rings. The van der Waals surface area contributed by atoms with E-state index < -0.39 is 9.84 Å². The smallest absolute Gasteiger partial charge is 0.256 e. The van der Waals surface area contributed by atoms with E-state index in [4.69, 9.17) is 0 Å². The Balaban J connectivity index is 1.65. The van der Waals surface area contributed by atoms with Gasteiger partial charge >= 0.3 is 0 Å². The fourth-order valence-electron chi connectivity index (χ4n) is 3.47. The Morgan fingerprint density at radius 3 is 2.24 bits per heavy atom. The molecule has 3 aromatic carbocycles. The summed E-state index contributed by atoms with van der Waals surface area (Å²) in [7, 11) is -3.16. The van der Waals surface area contributed by atoms with Gasteiger partial charge in [0, 0.05) is 17.4 Å². The summed E-state index contributed by atoms with van der Waals surface area (Å²) in [4.78, 5) is 17.5. The molecule has 0 spiro atoms. The Bertz CT molecular complexity index is 1360. The Morgan fingerprint density at radius 1 is 0.939 bits per heavy atom. The molecule has 0 unspecified atom stereocenters. The van der Waals surface area contributed by atoms with Crippen molar-refractivity contribution in [3.8, 4) is 11.3 Å². The van der Waals surface area contributed by atoms with Crippen LogP contribution in [0.15, 0.2) is 85.2 Å². The zero-order chi connectivity index (χ0) is 23.4. The van der Waals surface area contributed by atoms with Crippen molar-refractivity contribution in [3.05, 3.63) is 108 Å². The molecule has 1 aromatic heterocycles. The SMILES string of the molecule is CS(=O)(=O)Cc1ccc(C(=O)Nc2c(-c3ccc(F)cc3)ncn2Cc2ccccc2)cc1. The fraction of sp³-hybridized carbons (Fsp3) is 0.120. The molecule has 0 fully saturated rings. The molecular weight excluding hydrogens is 441 g/mol. The molecule has 1 N–H and O–H groups in total. The summed E-state index contributed by atoms with van der Waals surface area (Å²) >= 11 is 0. The van der Waals surface area contributed by atoms with Gasteiger partial charge < -0.3 is 9.88 Å². The lowest BCUT2D eigenvalue weighted by atomic mass is 10.1. The van der Waals surface area contributed by atoms with Crippen LogP contribution in [0.5, 0.6) is 0 Å². The topological polar surface area (TPSA) is 81.1 Å². The van der Waals surface area contributed by atoms with E-state index in [-0.39, 0.29) is 17.5 Å². The van der Waals surface area contributed by atoms with Crippen LogP contribution in [0.25, 0.3) is 11.3 Å². The second kappa shape index (κ2) is 9.38. The number of hydrogen-bond donors (Lipinski definition) is 1. The van der Waals surface area contributed by atoms with Crippen molar-refractivity contribution >= 4 is 21.6 Å². The standard InChI is InChI=1S/C25H22FN3O3S/c1-33(31,32)16-19-7-9-21(10-8-19)25(30)28-24-23(20-11-13-22(26)14-12-20)27-17-29(24)15-18-5-3-2-4-6-18/h2-14,17H,15-16H2,1H3,(H,28,30). The average Bonchev–Trinajstić information content (AvgIpc) is 3.16. The number of nitrogens with one attached hydrogen (secondary N) is 1. The quantitative estimate of drug-likeness (QED) is 0.437. The fourth-order valence-corrected chi connectivity index (χ4v) is 4.27. The molecule has 1 amide bonds. The molecule has 8 heteroatoms. The number of anilines is 1. The van der Waals surface area contributed by atoms with Crippen LogP contribution in [0.4, 0.5) is 10.2 Å². The van der Waals surface area contributed by atoms with Gasteiger partial charge in [0.25, 0.3) is 5.91 Å². The predicted octanol–water partition coefficient (Wildman–Crippen LogP) is 4.53. The number of aromatic nitrogens is 2. The minimum absolute atomic E-state index is 0.0898. The first kappa shape index (κ1) is 22.4. The number of imidazole rings is 1. The molecule has 6 nitrogen and oxygen atoms in total. The number of nitrogens with zero attached hydrogens (tertiary/aromatic N) is 2. The number of carbonyl (C=O) groups excluding carboxylic acids is 1. The summed E-state index contributed by atoms with van der Waals surface area (Å²) in [5.74, 6) is -0.329. The third kappa shape index (κ3) is 5.72. The highest BCUT2D eigenvalue weighted by molar-refractivity contribution is 7.89. The lowest BCUT2D eigenvalue weighted by Gasteiger charge is -2.12. The van der Waals surface area contributed by atoms with Gasteiger partial charge in [0.05, 0.1) is 18.6 Å². The number of amides is 1. The summed E-state index contributed by atoms with van der Waals surface area (Å²) in [5.41, 5.74) is 3.20. The Labute approximate surface area is 191 Å². The number of benzene rings is 3. The number of carbonyl (C=O) groups is 1. The molecule has 0 saturated carbocycles. The van der Waals surface area contributed by atoms with Crippen LogP contribution in [0.1, 0.15) is 21.5 Å². The second-order valence-corrected chi connectivity index (χ2v) is 9.92. The lowest BCUT2D eigenvalue weighted by molar-refractivity contribution is 0.102. The van der Waals surface area contributed by atoms with Gasteiger partial charge in [0.1, 0.15) is 17.3 Å². The number of halogens is 1. The largest absolute Gasteiger partial charge is 0.312 e. The number of sulfone groups is 1. The van der Waals surface area contributed by atoms with E-state index in [0.29, 0.717) is 34.7 Å². The van der Waals surface area contributed by atoms with Gasteiger partial charge in [-0.25, -0.2) is 17.8 Å². The third-order valence-electron chi connectivity index (χ3n) is 5.03. The highest BCUT2D eigenvalue weighted by Gasteiger charge is 2.17. The number of rotatable bonds is 7. The molecule has 0 radical (unpaired) electrons. The monoisotopic (exact) mass is 463 g/mol. The summed E-state index contributed by atoms with van der Waals surface area (Å²) in [6.45, 7) is 0.484. The van der Waals surface area contributed by atoms with E-state index in [0.717, 1.165) is 5.56 Å². The average molecular weight is 464 g/mol. The molecule has 0 aliphatic heterocycles. The molecular formula is C25H22FN3O3S. The van der Waals surface area contributed by atoms with E-state index in [1.807, 2.05) is 34.9 Å². The van der Waals surface area contributed by atoms with Crippen LogP contribution < -0.4 is 5.32 Å². The summed E-state index contributed by atoms with van der Waals surface area (Å²) in [5, 5.41) is 2.93. The zero-order valence-electron chi connectivity index (χ0n) is 17.9. The van der Waals surface area contributed by atoms with Crippen molar-refractivity contribution in [3.63, 3.8) is 0 Å². The van der Waals surface area contributed by atoms with E-state index in [1.54, 1.807) is 42.7 Å². The third-order valence-corrected chi connectivity index (χ3v) is 5.89. The van der Waals surface area contributed by atoms with Gasteiger partial charge in [-0.3, -0.25) is 4.79 Å². The zero-order valence-corrected chi connectivity index (χ0v) is 18.7. The number of hydrogen-bond acceptors (Lipinski definition) is 4. The van der Waals surface area contributed by atoms with Gasteiger partial charge in [-0.2, -0.15) is 0 Å². The lowest BCUT2D eigenvalue weighted by Crippen LogP contribution is -2.16. The Hall–Kier alpha value is -3.78. The molecule has 0 aliphatic carbocycles. The highest BCUT2D eigenvalue weighted by atomic mass is 32.2. The molecule has 0 atom stereocenters. The maximum Gasteiger partial charge on any atom is 0.256 e. The first-order chi connectivity index (χ1) is 15.8. The second-order valence-electron chi connectivity index (χ2n) is 7.78. The van der Waals surface area contributed by atoms with Crippen molar-refractivity contribution in [2.45, 2.75) is 12.3 Å². The Kier molecular flexibility index (Phi) is 6.37. The van der Waals surface area contributed by atoms with Crippen LogP contribution in [0, 0.1) is 5.82 Å². The molecule has 168 valence electrons. The van der Waals surface area contributed by atoms with Crippen molar-refractivity contribution < 1.29 is 17.6 Å². The van der Waals surface area contributed by atoms with Crippen LogP contribution in [0.3, 0.4) is 0 Å².